The Hall–Kier alpha value is -1.83. The molecule has 0 saturated heterocycles. The molecular formula is C20H27ClN2O4S. The van der Waals surface area contributed by atoms with Crippen LogP contribution in [-0.4, -0.2) is 26.9 Å². The highest BCUT2D eigenvalue weighted by Gasteiger charge is 2.27. The van der Waals surface area contributed by atoms with Crippen molar-refractivity contribution in [2.75, 3.05) is 6.54 Å². The van der Waals surface area contributed by atoms with Gasteiger partial charge in [-0.15, -0.1) is 12.4 Å². The lowest BCUT2D eigenvalue weighted by molar-refractivity contribution is 0.0886. The average molecular weight is 427 g/mol. The molecule has 1 aliphatic rings. The molecule has 1 saturated carbocycles. The van der Waals surface area contributed by atoms with Gasteiger partial charge in [0.2, 0.25) is 0 Å². The summed E-state index contributed by atoms with van der Waals surface area (Å²) in [6.07, 6.45) is 6.98. The van der Waals surface area contributed by atoms with Crippen LogP contribution in [0.4, 0.5) is 0 Å². The summed E-state index contributed by atoms with van der Waals surface area (Å²) in [5, 5.41) is 2.95. The lowest BCUT2D eigenvalue weighted by Crippen LogP contribution is -2.46. The summed E-state index contributed by atoms with van der Waals surface area (Å²) in [7, 11) is -3.56. The third-order valence-corrected chi connectivity index (χ3v) is 6.87. The largest absolute Gasteiger partial charge is 0.459 e. The number of nitrogens with one attached hydrogen (secondary N) is 1. The monoisotopic (exact) mass is 426 g/mol. The van der Waals surface area contributed by atoms with Gasteiger partial charge in [-0.1, -0.05) is 37.5 Å². The summed E-state index contributed by atoms with van der Waals surface area (Å²) in [6, 6.07) is 9.60. The van der Waals surface area contributed by atoms with Crippen LogP contribution in [0.5, 0.6) is 0 Å². The van der Waals surface area contributed by atoms with Crippen molar-refractivity contribution in [3.05, 3.63) is 54.0 Å². The number of halogens is 1. The number of sulfone groups is 1. The van der Waals surface area contributed by atoms with Crippen LogP contribution in [0.15, 0.2) is 52.0 Å². The lowest BCUT2D eigenvalue weighted by Gasteiger charge is -2.29. The van der Waals surface area contributed by atoms with E-state index in [9.17, 15) is 13.2 Å². The van der Waals surface area contributed by atoms with Gasteiger partial charge >= 0.3 is 0 Å². The molecule has 1 aromatic carbocycles. The average Bonchev–Trinajstić information content (AvgIpc) is 3.15. The van der Waals surface area contributed by atoms with Gasteiger partial charge in [-0.05, 0) is 37.0 Å². The highest BCUT2D eigenvalue weighted by Crippen LogP contribution is 2.27. The van der Waals surface area contributed by atoms with Crippen molar-refractivity contribution in [2.24, 2.45) is 11.7 Å². The molecule has 3 N–H and O–H groups in total. The number of carbonyl (C=O) groups is 1. The molecule has 28 heavy (non-hydrogen) atoms. The SMILES string of the molecule is Cl.NCC(NC(=O)c1occc1CS(=O)(=O)c1ccccc1)C1CCCCC1. The molecule has 0 aliphatic heterocycles. The molecular weight excluding hydrogens is 400 g/mol. The Labute approximate surface area is 172 Å². The van der Waals surface area contributed by atoms with Gasteiger partial charge in [0, 0.05) is 18.2 Å². The molecule has 1 fully saturated rings. The van der Waals surface area contributed by atoms with Crippen LogP contribution in [0.1, 0.15) is 48.2 Å². The van der Waals surface area contributed by atoms with Crippen molar-refractivity contribution in [3.63, 3.8) is 0 Å². The molecule has 154 valence electrons. The maximum atomic E-state index is 12.7. The second-order valence-corrected chi connectivity index (χ2v) is 9.05. The van der Waals surface area contributed by atoms with Crippen LogP contribution in [0.2, 0.25) is 0 Å². The fraction of sp³-hybridized carbons (Fsp3) is 0.450. The van der Waals surface area contributed by atoms with E-state index >= 15 is 0 Å². The Kier molecular flexibility index (Phi) is 8.10. The number of rotatable bonds is 7. The number of carbonyl (C=O) groups excluding carboxylic acids is 1. The Morgan fingerprint density at radius 3 is 2.46 bits per heavy atom. The Morgan fingerprint density at radius 1 is 1.14 bits per heavy atom. The van der Waals surface area contributed by atoms with Crippen LogP contribution in [-0.2, 0) is 15.6 Å². The standard InChI is InChI=1S/C20H26N2O4S.ClH/c21-13-18(15-7-3-1-4-8-15)22-20(23)19-16(11-12-26-19)14-27(24,25)17-9-5-2-6-10-17;/h2,5-6,9-12,15,18H,1,3-4,7-8,13-14,21H2,(H,22,23);1H. The predicted octanol–water partition coefficient (Wildman–Crippen LogP) is 3.31. The van der Waals surface area contributed by atoms with Gasteiger partial charge in [0.15, 0.2) is 15.6 Å². The van der Waals surface area contributed by atoms with E-state index in [1.54, 1.807) is 30.3 Å². The number of hydrogen-bond donors (Lipinski definition) is 2. The minimum Gasteiger partial charge on any atom is -0.459 e. The molecule has 1 aromatic heterocycles. The summed E-state index contributed by atoms with van der Waals surface area (Å²) in [6.45, 7) is 0.356. The summed E-state index contributed by atoms with van der Waals surface area (Å²) >= 11 is 0. The fourth-order valence-corrected chi connectivity index (χ4v) is 5.08. The Bertz CT molecular complexity index is 861. The summed E-state index contributed by atoms with van der Waals surface area (Å²) in [5.41, 5.74) is 6.24. The zero-order valence-corrected chi connectivity index (χ0v) is 17.3. The number of hydrogen-bond acceptors (Lipinski definition) is 5. The molecule has 1 atom stereocenters. The molecule has 0 bridgehead atoms. The third kappa shape index (κ3) is 5.37. The zero-order chi connectivity index (χ0) is 19.3. The quantitative estimate of drug-likeness (QED) is 0.707. The van der Waals surface area contributed by atoms with Crippen molar-refractivity contribution < 1.29 is 17.6 Å². The maximum Gasteiger partial charge on any atom is 0.287 e. The highest BCUT2D eigenvalue weighted by molar-refractivity contribution is 7.90. The normalized spacial score (nSPS) is 16.2. The molecule has 0 radical (unpaired) electrons. The van der Waals surface area contributed by atoms with Crippen LogP contribution >= 0.6 is 12.4 Å². The molecule has 2 aromatic rings. The van der Waals surface area contributed by atoms with Crippen molar-refractivity contribution >= 4 is 28.2 Å². The van der Waals surface area contributed by atoms with Gasteiger partial charge in [-0.2, -0.15) is 0 Å². The van der Waals surface area contributed by atoms with Gasteiger partial charge in [0.05, 0.1) is 16.9 Å². The molecule has 0 spiro atoms. The van der Waals surface area contributed by atoms with E-state index in [4.69, 9.17) is 10.2 Å². The summed E-state index contributed by atoms with van der Waals surface area (Å²) in [4.78, 5) is 12.9. The van der Waals surface area contributed by atoms with Crippen LogP contribution in [0, 0.1) is 5.92 Å². The second-order valence-electron chi connectivity index (χ2n) is 7.06. The molecule has 8 heteroatoms. The zero-order valence-electron chi connectivity index (χ0n) is 15.7. The van der Waals surface area contributed by atoms with Crippen molar-refractivity contribution in [3.8, 4) is 0 Å². The molecule has 1 unspecified atom stereocenters. The molecule has 1 amide bonds. The molecule has 3 rings (SSSR count). The van der Waals surface area contributed by atoms with E-state index < -0.39 is 15.7 Å². The van der Waals surface area contributed by atoms with Crippen LogP contribution < -0.4 is 11.1 Å². The van der Waals surface area contributed by atoms with Crippen LogP contribution in [0.3, 0.4) is 0 Å². The van der Waals surface area contributed by atoms with Crippen molar-refractivity contribution in [1.82, 2.24) is 5.32 Å². The van der Waals surface area contributed by atoms with Gasteiger partial charge in [-0.25, -0.2) is 8.42 Å². The topological polar surface area (TPSA) is 102 Å². The fourth-order valence-electron chi connectivity index (χ4n) is 3.70. The minimum atomic E-state index is -3.56. The van der Waals surface area contributed by atoms with E-state index in [0.29, 0.717) is 18.0 Å². The van der Waals surface area contributed by atoms with Crippen molar-refractivity contribution in [2.45, 2.75) is 48.8 Å². The Balaban J connectivity index is 0.00000280. The van der Waals surface area contributed by atoms with E-state index in [1.807, 2.05) is 0 Å². The van der Waals surface area contributed by atoms with Gasteiger partial charge in [-0.3, -0.25) is 4.79 Å². The van der Waals surface area contributed by atoms with Crippen LogP contribution in [0.25, 0.3) is 0 Å². The molecule has 1 aliphatic carbocycles. The van der Waals surface area contributed by atoms with Gasteiger partial charge < -0.3 is 15.5 Å². The first-order valence-corrected chi connectivity index (χ1v) is 11.0. The highest BCUT2D eigenvalue weighted by atomic mass is 35.5. The third-order valence-electron chi connectivity index (χ3n) is 5.19. The molecule has 1 heterocycles. The van der Waals surface area contributed by atoms with Crippen molar-refractivity contribution in [1.29, 1.82) is 0 Å². The maximum absolute atomic E-state index is 12.7. The number of nitrogens with two attached hydrogens (primary N) is 1. The number of amides is 1. The summed E-state index contributed by atoms with van der Waals surface area (Å²) < 4.78 is 30.5. The van der Waals surface area contributed by atoms with E-state index in [0.717, 1.165) is 25.7 Å². The van der Waals surface area contributed by atoms with E-state index in [-0.39, 0.29) is 34.9 Å². The first kappa shape index (κ1) is 22.5. The van der Waals surface area contributed by atoms with Gasteiger partial charge in [0.25, 0.3) is 5.91 Å². The van der Waals surface area contributed by atoms with E-state index in [1.165, 1.54) is 18.8 Å². The first-order valence-electron chi connectivity index (χ1n) is 9.36. The summed E-state index contributed by atoms with van der Waals surface area (Å²) in [5.74, 6) is -0.283. The number of benzene rings is 1. The second kappa shape index (κ2) is 10.1. The predicted molar refractivity (Wildman–Crippen MR) is 110 cm³/mol. The number of furan rings is 1. The Morgan fingerprint density at radius 2 is 1.82 bits per heavy atom. The smallest absolute Gasteiger partial charge is 0.287 e. The first-order chi connectivity index (χ1) is 13.0. The van der Waals surface area contributed by atoms with E-state index in [2.05, 4.69) is 5.32 Å². The molecule has 6 nitrogen and oxygen atoms in total. The lowest BCUT2D eigenvalue weighted by atomic mass is 9.84. The minimum absolute atomic E-state index is 0. The van der Waals surface area contributed by atoms with Gasteiger partial charge in [0.1, 0.15) is 0 Å².